The van der Waals surface area contributed by atoms with Gasteiger partial charge in [-0.1, -0.05) is 48.3 Å². The summed E-state index contributed by atoms with van der Waals surface area (Å²) in [5.74, 6) is 2.79. The molecule has 0 N–H and O–H groups in total. The number of thioether (sulfide) groups is 2. The maximum absolute atomic E-state index is 2.31. The number of hydrogen-bond acceptors (Lipinski definition) is 4. The van der Waals surface area contributed by atoms with Gasteiger partial charge in [0.15, 0.2) is 0 Å². The minimum atomic E-state index is 0.628. The molecule has 0 saturated carbocycles. The molecule has 2 rings (SSSR count). The fourth-order valence-corrected chi connectivity index (χ4v) is 8.61. The van der Waals surface area contributed by atoms with Crippen molar-refractivity contribution >= 4 is 45.1 Å². The average Bonchev–Trinajstić information content (AvgIpc) is 3.02. The highest BCUT2D eigenvalue weighted by Gasteiger charge is 2.50. The molecule has 2 fully saturated rings. The second kappa shape index (κ2) is 4.72. The molecule has 2 aliphatic rings. The summed E-state index contributed by atoms with van der Waals surface area (Å²) in [7, 11) is 4.37. The summed E-state index contributed by atoms with van der Waals surface area (Å²) >= 11 is 4.32. The van der Waals surface area contributed by atoms with Crippen molar-refractivity contribution in [3.63, 3.8) is 0 Å². The molecule has 2 aliphatic heterocycles. The Balaban J connectivity index is 1.71. The van der Waals surface area contributed by atoms with Crippen LogP contribution in [0.1, 0.15) is 39.5 Å². The highest BCUT2D eigenvalue weighted by Crippen LogP contribution is 2.68. The second-order valence-corrected chi connectivity index (χ2v) is 10.2. The van der Waals surface area contributed by atoms with Crippen LogP contribution in [-0.4, -0.2) is 19.7 Å². The lowest BCUT2D eigenvalue weighted by Gasteiger charge is -2.15. The zero-order valence-corrected chi connectivity index (χ0v) is 12.1. The SMILES string of the molecule is CCCC1(SSC2(CCC)CS2)CS1. The highest BCUT2D eigenvalue weighted by atomic mass is 33.1. The van der Waals surface area contributed by atoms with Crippen LogP contribution in [0.2, 0.25) is 0 Å². The predicted octanol–water partition coefficient (Wildman–Crippen LogP) is 4.85. The Hall–Kier alpha value is 1.40. The highest BCUT2D eigenvalue weighted by molar-refractivity contribution is 8.82. The molecule has 0 bridgehead atoms. The van der Waals surface area contributed by atoms with Crippen molar-refractivity contribution in [2.24, 2.45) is 0 Å². The fourth-order valence-electron chi connectivity index (χ4n) is 1.54. The van der Waals surface area contributed by atoms with Crippen LogP contribution in [0.5, 0.6) is 0 Å². The minimum Gasteiger partial charge on any atom is -0.140 e. The maximum Gasteiger partial charge on any atom is 0.0805 e. The molecule has 0 nitrogen and oxygen atoms in total. The smallest absolute Gasteiger partial charge is 0.0805 e. The number of hydrogen-bond donors (Lipinski definition) is 0. The van der Waals surface area contributed by atoms with Crippen LogP contribution in [0.25, 0.3) is 0 Å². The first-order valence-corrected chi connectivity index (χ1v) is 9.51. The Kier molecular flexibility index (Phi) is 4.00. The Morgan fingerprint density at radius 1 is 0.929 bits per heavy atom. The summed E-state index contributed by atoms with van der Waals surface area (Å²) in [4.78, 5) is 0. The Morgan fingerprint density at radius 3 is 1.50 bits per heavy atom. The van der Waals surface area contributed by atoms with Gasteiger partial charge in [-0.15, -0.1) is 23.5 Å². The van der Waals surface area contributed by atoms with E-state index in [1.807, 2.05) is 0 Å². The van der Waals surface area contributed by atoms with Crippen molar-refractivity contribution in [2.75, 3.05) is 11.5 Å². The van der Waals surface area contributed by atoms with Gasteiger partial charge in [0, 0.05) is 11.5 Å². The zero-order chi connectivity index (χ0) is 10.1. The van der Waals surface area contributed by atoms with Crippen LogP contribution >= 0.6 is 45.1 Å². The van der Waals surface area contributed by atoms with Crippen molar-refractivity contribution in [3.05, 3.63) is 0 Å². The molecule has 2 heterocycles. The summed E-state index contributed by atoms with van der Waals surface area (Å²) in [6.45, 7) is 4.61. The van der Waals surface area contributed by atoms with Gasteiger partial charge in [0.2, 0.25) is 0 Å². The third-order valence-electron chi connectivity index (χ3n) is 2.54. The van der Waals surface area contributed by atoms with E-state index < -0.39 is 0 Å². The normalized spacial score (nSPS) is 39.9. The van der Waals surface area contributed by atoms with Crippen molar-refractivity contribution in [1.29, 1.82) is 0 Å². The Morgan fingerprint density at radius 2 is 1.29 bits per heavy atom. The molecule has 14 heavy (non-hydrogen) atoms. The summed E-state index contributed by atoms with van der Waals surface area (Å²) in [6.07, 6.45) is 5.49. The molecule has 2 atom stereocenters. The average molecular weight is 267 g/mol. The molecular weight excluding hydrogens is 248 g/mol. The zero-order valence-electron chi connectivity index (χ0n) is 8.88. The van der Waals surface area contributed by atoms with Gasteiger partial charge in [0.25, 0.3) is 0 Å². The van der Waals surface area contributed by atoms with E-state index in [4.69, 9.17) is 0 Å². The van der Waals surface area contributed by atoms with Crippen LogP contribution in [0, 0.1) is 0 Å². The van der Waals surface area contributed by atoms with Crippen LogP contribution in [0.3, 0.4) is 0 Å². The molecule has 0 aromatic rings. The van der Waals surface area contributed by atoms with Crippen LogP contribution in [0.15, 0.2) is 0 Å². The van der Waals surface area contributed by atoms with Gasteiger partial charge < -0.3 is 0 Å². The largest absolute Gasteiger partial charge is 0.140 e. The molecule has 0 aromatic heterocycles. The van der Waals surface area contributed by atoms with Crippen molar-refractivity contribution in [3.8, 4) is 0 Å². The van der Waals surface area contributed by atoms with Gasteiger partial charge >= 0.3 is 0 Å². The van der Waals surface area contributed by atoms with Gasteiger partial charge in [-0.25, -0.2) is 0 Å². The molecule has 0 spiro atoms. The topological polar surface area (TPSA) is 0 Å². The summed E-state index contributed by atoms with van der Waals surface area (Å²) < 4.78 is 1.26. The molecule has 82 valence electrons. The molecule has 2 saturated heterocycles. The molecule has 0 amide bonds. The van der Waals surface area contributed by atoms with Crippen molar-refractivity contribution in [1.82, 2.24) is 0 Å². The third kappa shape index (κ3) is 2.96. The van der Waals surface area contributed by atoms with Gasteiger partial charge in [-0.05, 0) is 12.8 Å². The van der Waals surface area contributed by atoms with E-state index in [0.717, 1.165) is 0 Å². The molecule has 0 aromatic carbocycles. The Bertz CT molecular complexity index is 174. The van der Waals surface area contributed by atoms with E-state index in [0.29, 0.717) is 8.16 Å². The van der Waals surface area contributed by atoms with Crippen LogP contribution < -0.4 is 0 Å². The maximum atomic E-state index is 2.31. The van der Waals surface area contributed by atoms with Crippen LogP contribution in [-0.2, 0) is 0 Å². The lowest BCUT2D eigenvalue weighted by atomic mass is 10.3. The molecule has 0 radical (unpaired) electrons. The monoisotopic (exact) mass is 266 g/mol. The summed E-state index contributed by atoms with van der Waals surface area (Å²) in [6, 6.07) is 0. The third-order valence-corrected chi connectivity index (χ3v) is 10.6. The van der Waals surface area contributed by atoms with E-state index in [-0.39, 0.29) is 0 Å². The van der Waals surface area contributed by atoms with E-state index >= 15 is 0 Å². The molecular formula is C10H18S4. The predicted molar refractivity (Wildman–Crippen MR) is 75.4 cm³/mol. The lowest BCUT2D eigenvalue weighted by molar-refractivity contribution is 0.794. The second-order valence-electron chi connectivity index (χ2n) is 4.07. The standard InChI is InChI=1S/C10H18S4/c1-3-5-9(7-11-9)13-14-10(6-4-2)8-12-10/h3-8H2,1-2H3. The molecule has 2 unspecified atom stereocenters. The van der Waals surface area contributed by atoms with Crippen LogP contribution in [0.4, 0.5) is 0 Å². The Labute approximate surface area is 104 Å². The summed E-state index contributed by atoms with van der Waals surface area (Å²) in [5.41, 5.74) is 0. The van der Waals surface area contributed by atoms with Crippen molar-refractivity contribution < 1.29 is 0 Å². The lowest BCUT2D eigenvalue weighted by Crippen LogP contribution is -2.05. The first-order valence-electron chi connectivity index (χ1n) is 5.39. The minimum absolute atomic E-state index is 0.628. The van der Waals surface area contributed by atoms with E-state index in [9.17, 15) is 0 Å². The van der Waals surface area contributed by atoms with Crippen molar-refractivity contribution in [2.45, 2.75) is 47.7 Å². The molecule has 4 heteroatoms. The van der Waals surface area contributed by atoms with Gasteiger partial charge in [-0.2, -0.15) is 0 Å². The fraction of sp³-hybridized carbons (Fsp3) is 1.00. The van der Waals surface area contributed by atoms with Gasteiger partial charge in [-0.3, -0.25) is 0 Å². The molecule has 0 aliphatic carbocycles. The first kappa shape index (κ1) is 11.9. The van der Waals surface area contributed by atoms with Gasteiger partial charge in [0.05, 0.1) is 8.16 Å². The van der Waals surface area contributed by atoms with E-state index in [1.165, 1.54) is 37.2 Å². The van der Waals surface area contributed by atoms with E-state index in [2.05, 4.69) is 59.0 Å². The van der Waals surface area contributed by atoms with E-state index in [1.54, 1.807) is 0 Å². The quantitative estimate of drug-likeness (QED) is 0.477. The van der Waals surface area contributed by atoms with Gasteiger partial charge in [0.1, 0.15) is 0 Å². The number of rotatable bonds is 7. The summed E-state index contributed by atoms with van der Waals surface area (Å²) in [5, 5.41) is 0. The first-order chi connectivity index (χ1) is 6.74.